The smallest absolute Gasteiger partial charge is 0.125 e. The molecule has 0 spiro atoms. The molecule has 2 rings (SSSR count). The van der Waals surface area contributed by atoms with Gasteiger partial charge in [0.15, 0.2) is 0 Å². The van der Waals surface area contributed by atoms with E-state index in [1.54, 1.807) is 6.26 Å². The Morgan fingerprint density at radius 2 is 2.19 bits per heavy atom. The van der Waals surface area contributed by atoms with Gasteiger partial charge in [-0.2, -0.15) is 0 Å². The standard InChI is InChI=1S/C13H17NO2/c1-4-11-5-6-12(16-11)13(14-3)10-7-9(2)15-8-10/h5-8,13-14H,4H2,1-3H3. The molecule has 1 atom stereocenters. The largest absolute Gasteiger partial charge is 0.469 e. The van der Waals surface area contributed by atoms with Crippen molar-refractivity contribution in [2.45, 2.75) is 26.3 Å². The van der Waals surface area contributed by atoms with Crippen LogP contribution in [0.5, 0.6) is 0 Å². The lowest BCUT2D eigenvalue weighted by atomic mass is 10.1. The van der Waals surface area contributed by atoms with Gasteiger partial charge < -0.3 is 14.2 Å². The summed E-state index contributed by atoms with van der Waals surface area (Å²) in [4.78, 5) is 0. The van der Waals surface area contributed by atoms with Crippen molar-refractivity contribution in [1.82, 2.24) is 5.32 Å². The third kappa shape index (κ3) is 2.04. The average Bonchev–Trinajstić information content (AvgIpc) is 2.89. The van der Waals surface area contributed by atoms with E-state index in [9.17, 15) is 0 Å². The Labute approximate surface area is 95.5 Å². The van der Waals surface area contributed by atoms with Crippen molar-refractivity contribution in [1.29, 1.82) is 0 Å². The first-order valence-corrected chi connectivity index (χ1v) is 5.55. The lowest BCUT2D eigenvalue weighted by molar-refractivity contribution is 0.431. The molecule has 1 unspecified atom stereocenters. The number of rotatable bonds is 4. The van der Waals surface area contributed by atoms with Gasteiger partial charge in [-0.1, -0.05) is 6.92 Å². The van der Waals surface area contributed by atoms with Crippen LogP contribution in [0.1, 0.15) is 35.8 Å². The molecule has 0 aliphatic heterocycles. The van der Waals surface area contributed by atoms with Gasteiger partial charge in [0, 0.05) is 12.0 Å². The summed E-state index contributed by atoms with van der Waals surface area (Å²) in [5.41, 5.74) is 1.09. The van der Waals surface area contributed by atoms with E-state index >= 15 is 0 Å². The summed E-state index contributed by atoms with van der Waals surface area (Å²) in [6.45, 7) is 4.02. The summed E-state index contributed by atoms with van der Waals surface area (Å²) >= 11 is 0. The van der Waals surface area contributed by atoms with E-state index in [1.165, 1.54) is 0 Å². The molecule has 0 saturated carbocycles. The van der Waals surface area contributed by atoms with Crippen LogP contribution in [0.15, 0.2) is 33.3 Å². The first kappa shape index (κ1) is 11.0. The van der Waals surface area contributed by atoms with Gasteiger partial charge in [0.2, 0.25) is 0 Å². The zero-order valence-corrected chi connectivity index (χ0v) is 9.91. The highest BCUT2D eigenvalue weighted by Gasteiger charge is 2.17. The number of hydrogen-bond donors (Lipinski definition) is 1. The Hall–Kier alpha value is -1.48. The molecule has 0 aromatic carbocycles. The molecule has 86 valence electrons. The van der Waals surface area contributed by atoms with Crippen LogP contribution >= 0.6 is 0 Å². The SMILES string of the molecule is CCc1ccc(C(NC)c2coc(C)c2)o1. The van der Waals surface area contributed by atoms with Crippen LogP contribution in [0.2, 0.25) is 0 Å². The molecule has 2 aromatic rings. The first-order chi connectivity index (χ1) is 7.74. The lowest BCUT2D eigenvalue weighted by Crippen LogP contribution is -2.16. The number of furan rings is 2. The Balaban J connectivity index is 2.28. The fourth-order valence-corrected chi connectivity index (χ4v) is 1.83. The van der Waals surface area contributed by atoms with Gasteiger partial charge in [-0.05, 0) is 32.2 Å². The van der Waals surface area contributed by atoms with E-state index in [1.807, 2.05) is 32.2 Å². The molecular weight excluding hydrogens is 202 g/mol. The quantitative estimate of drug-likeness (QED) is 0.858. The second-order valence-corrected chi connectivity index (χ2v) is 3.87. The maximum Gasteiger partial charge on any atom is 0.125 e. The topological polar surface area (TPSA) is 38.3 Å². The highest BCUT2D eigenvalue weighted by Crippen LogP contribution is 2.25. The normalized spacial score (nSPS) is 12.9. The van der Waals surface area contributed by atoms with E-state index in [-0.39, 0.29) is 6.04 Å². The molecule has 0 amide bonds. The van der Waals surface area contributed by atoms with E-state index in [0.29, 0.717) is 0 Å². The third-order valence-corrected chi connectivity index (χ3v) is 2.69. The second-order valence-electron chi connectivity index (χ2n) is 3.87. The predicted molar refractivity (Wildman–Crippen MR) is 62.4 cm³/mol. The molecule has 0 saturated heterocycles. The highest BCUT2D eigenvalue weighted by atomic mass is 16.3. The summed E-state index contributed by atoms with van der Waals surface area (Å²) in [5, 5.41) is 3.23. The maximum absolute atomic E-state index is 5.75. The molecule has 16 heavy (non-hydrogen) atoms. The number of hydrogen-bond acceptors (Lipinski definition) is 3. The Morgan fingerprint density at radius 1 is 1.38 bits per heavy atom. The maximum atomic E-state index is 5.75. The molecule has 0 aliphatic carbocycles. The van der Waals surface area contributed by atoms with Gasteiger partial charge in [-0.25, -0.2) is 0 Å². The summed E-state index contributed by atoms with van der Waals surface area (Å²) in [5.74, 6) is 2.85. The summed E-state index contributed by atoms with van der Waals surface area (Å²) in [6.07, 6.45) is 2.69. The Kier molecular flexibility index (Phi) is 3.15. The zero-order valence-electron chi connectivity index (χ0n) is 9.91. The predicted octanol–water partition coefficient (Wildman–Crippen LogP) is 3.05. The number of aryl methyl sites for hydroxylation is 2. The molecule has 2 heterocycles. The first-order valence-electron chi connectivity index (χ1n) is 5.55. The zero-order chi connectivity index (χ0) is 11.5. The van der Waals surface area contributed by atoms with Crippen molar-refractivity contribution in [3.63, 3.8) is 0 Å². The van der Waals surface area contributed by atoms with Gasteiger partial charge in [-0.3, -0.25) is 0 Å². The van der Waals surface area contributed by atoms with Crippen molar-refractivity contribution >= 4 is 0 Å². The fourth-order valence-electron chi connectivity index (χ4n) is 1.83. The third-order valence-electron chi connectivity index (χ3n) is 2.69. The molecule has 0 bridgehead atoms. The fraction of sp³-hybridized carbons (Fsp3) is 0.385. The van der Waals surface area contributed by atoms with Gasteiger partial charge in [0.05, 0.1) is 12.3 Å². The van der Waals surface area contributed by atoms with Crippen molar-refractivity contribution in [2.75, 3.05) is 7.05 Å². The Bertz CT molecular complexity index is 456. The van der Waals surface area contributed by atoms with Gasteiger partial charge in [-0.15, -0.1) is 0 Å². The molecule has 0 radical (unpaired) electrons. The van der Waals surface area contributed by atoms with Crippen LogP contribution in [-0.4, -0.2) is 7.05 Å². The van der Waals surface area contributed by atoms with Crippen molar-refractivity contribution in [2.24, 2.45) is 0 Å². The molecular formula is C13H17NO2. The lowest BCUT2D eigenvalue weighted by Gasteiger charge is -2.10. The van der Waals surface area contributed by atoms with Gasteiger partial charge in [0.1, 0.15) is 17.3 Å². The van der Waals surface area contributed by atoms with Crippen LogP contribution < -0.4 is 5.32 Å². The van der Waals surface area contributed by atoms with Crippen LogP contribution in [0, 0.1) is 6.92 Å². The van der Waals surface area contributed by atoms with Crippen molar-refractivity contribution in [3.05, 3.63) is 47.3 Å². The van der Waals surface area contributed by atoms with Crippen molar-refractivity contribution in [3.8, 4) is 0 Å². The minimum Gasteiger partial charge on any atom is -0.469 e. The summed E-state index contributed by atoms with van der Waals surface area (Å²) in [6, 6.07) is 6.13. The molecule has 2 aromatic heterocycles. The van der Waals surface area contributed by atoms with Crippen LogP contribution in [-0.2, 0) is 6.42 Å². The van der Waals surface area contributed by atoms with E-state index in [4.69, 9.17) is 8.83 Å². The van der Waals surface area contributed by atoms with E-state index in [0.717, 1.165) is 29.3 Å². The second kappa shape index (κ2) is 4.58. The van der Waals surface area contributed by atoms with E-state index in [2.05, 4.69) is 12.2 Å². The average molecular weight is 219 g/mol. The summed E-state index contributed by atoms with van der Waals surface area (Å²) in [7, 11) is 1.92. The molecule has 3 heteroatoms. The molecule has 1 N–H and O–H groups in total. The van der Waals surface area contributed by atoms with Crippen LogP contribution in [0.4, 0.5) is 0 Å². The van der Waals surface area contributed by atoms with Gasteiger partial charge in [0.25, 0.3) is 0 Å². The van der Waals surface area contributed by atoms with Crippen molar-refractivity contribution < 1.29 is 8.83 Å². The highest BCUT2D eigenvalue weighted by molar-refractivity contribution is 5.25. The van der Waals surface area contributed by atoms with E-state index < -0.39 is 0 Å². The number of nitrogens with one attached hydrogen (secondary N) is 1. The van der Waals surface area contributed by atoms with Gasteiger partial charge >= 0.3 is 0 Å². The van der Waals surface area contributed by atoms with Crippen LogP contribution in [0.3, 0.4) is 0 Å². The molecule has 3 nitrogen and oxygen atoms in total. The molecule has 0 aliphatic rings. The molecule has 0 fully saturated rings. The monoisotopic (exact) mass is 219 g/mol. The minimum atomic E-state index is 0.0674. The Morgan fingerprint density at radius 3 is 2.69 bits per heavy atom. The summed E-state index contributed by atoms with van der Waals surface area (Å²) < 4.78 is 11.1. The van der Waals surface area contributed by atoms with Crippen LogP contribution in [0.25, 0.3) is 0 Å². The minimum absolute atomic E-state index is 0.0674.